The van der Waals surface area contributed by atoms with E-state index in [9.17, 15) is 0 Å². The van der Waals surface area contributed by atoms with Crippen LogP contribution in [0.5, 0.6) is 0 Å². The predicted molar refractivity (Wildman–Crippen MR) is 42.0 cm³/mol. The lowest BCUT2D eigenvalue weighted by Crippen LogP contribution is -2.11. The van der Waals surface area contributed by atoms with Crippen LogP contribution in [-0.2, 0) is 0 Å². The fraction of sp³-hybridized carbons (Fsp3) is 1.00. The maximum absolute atomic E-state index is 8.51. The van der Waals surface area contributed by atoms with Crippen molar-refractivity contribution in [2.75, 3.05) is 19.8 Å². The number of aliphatic hydroxyl groups is 3. The molecule has 0 heterocycles. The number of aliphatic hydroxyl groups excluding tert-OH is 3. The Hall–Kier alpha value is -0.0951. The molecule has 0 rings (SSSR count). The average molecular weight is 162 g/mol. The summed E-state index contributed by atoms with van der Waals surface area (Å²) in [5.74, 6) is -0.0443. The molecule has 0 aliphatic heterocycles. The van der Waals surface area contributed by atoms with E-state index in [4.69, 9.17) is 20.3 Å². The second-order valence-electron chi connectivity index (χ2n) is 2.10. The third kappa shape index (κ3) is 9.90. The summed E-state index contributed by atoms with van der Waals surface area (Å²) < 4.78 is 0. The highest BCUT2D eigenvalue weighted by Gasteiger charge is 2.03. The monoisotopic (exact) mass is 162 g/mol. The molecule has 0 aromatic heterocycles. The maximum atomic E-state index is 8.51. The molecule has 0 spiro atoms. The van der Waals surface area contributed by atoms with Gasteiger partial charge in [-0.2, -0.15) is 0 Å². The summed E-state index contributed by atoms with van der Waals surface area (Å²) in [6.07, 6.45) is 1.36. The lowest BCUT2D eigenvalue weighted by molar-refractivity contribution is 0.136. The molecule has 0 saturated carbocycles. The second kappa shape index (κ2) is 12.6. The van der Waals surface area contributed by atoms with Crippen LogP contribution in [0.15, 0.2) is 0 Å². The standard InChI is InChI=1S/C6H14O3.BHO/c7-3-1-2-6(4-8)5-9;1-2/h6-9H,1-5H2;2H. The fourth-order valence-corrected chi connectivity index (χ4v) is 0.620. The molecule has 0 fully saturated rings. The SMILES string of the molecule is OCCCC(CO)CO.[B]O. The highest BCUT2D eigenvalue weighted by Crippen LogP contribution is 2.02. The van der Waals surface area contributed by atoms with Gasteiger partial charge in [-0.3, -0.25) is 0 Å². The molecule has 66 valence electrons. The van der Waals surface area contributed by atoms with Crippen LogP contribution in [-0.4, -0.2) is 48.2 Å². The first-order valence-corrected chi connectivity index (χ1v) is 3.43. The summed E-state index contributed by atoms with van der Waals surface area (Å²) in [6, 6.07) is 0. The maximum Gasteiger partial charge on any atom is 0.277 e. The summed E-state index contributed by atoms with van der Waals surface area (Å²) in [5, 5.41) is 31.9. The summed E-state index contributed by atoms with van der Waals surface area (Å²) in [6.45, 7) is 0.156. The van der Waals surface area contributed by atoms with E-state index >= 15 is 0 Å². The molecular formula is C6H15BO4. The van der Waals surface area contributed by atoms with Gasteiger partial charge in [0.15, 0.2) is 0 Å². The van der Waals surface area contributed by atoms with E-state index in [1.807, 2.05) is 0 Å². The third-order valence-corrected chi connectivity index (χ3v) is 1.29. The van der Waals surface area contributed by atoms with E-state index in [1.165, 1.54) is 0 Å². The molecule has 0 aliphatic rings. The second-order valence-corrected chi connectivity index (χ2v) is 2.10. The van der Waals surface area contributed by atoms with Crippen LogP contribution in [0, 0.1) is 5.92 Å². The van der Waals surface area contributed by atoms with Gasteiger partial charge in [-0.25, -0.2) is 0 Å². The Morgan fingerprint density at radius 2 is 1.45 bits per heavy atom. The van der Waals surface area contributed by atoms with Crippen LogP contribution in [0.25, 0.3) is 0 Å². The van der Waals surface area contributed by atoms with Gasteiger partial charge >= 0.3 is 0 Å². The van der Waals surface area contributed by atoms with Crippen molar-refractivity contribution in [3.05, 3.63) is 0 Å². The number of hydrogen-bond donors (Lipinski definition) is 4. The summed E-state index contributed by atoms with van der Waals surface area (Å²) >= 11 is 0. The topological polar surface area (TPSA) is 80.9 Å². The first-order chi connectivity index (χ1) is 5.35. The van der Waals surface area contributed by atoms with Gasteiger partial charge in [-0.05, 0) is 12.8 Å². The van der Waals surface area contributed by atoms with Crippen LogP contribution >= 0.6 is 0 Å². The molecule has 0 amide bonds. The molecule has 0 aliphatic carbocycles. The van der Waals surface area contributed by atoms with E-state index in [2.05, 4.69) is 8.05 Å². The first-order valence-electron chi connectivity index (χ1n) is 3.43. The van der Waals surface area contributed by atoms with Gasteiger partial charge < -0.3 is 20.3 Å². The normalized spacial score (nSPS) is 9.18. The van der Waals surface area contributed by atoms with Gasteiger partial charge in [0.05, 0.1) is 0 Å². The molecule has 0 aromatic rings. The Morgan fingerprint density at radius 1 is 1.00 bits per heavy atom. The van der Waals surface area contributed by atoms with E-state index in [0.29, 0.717) is 12.8 Å². The summed E-state index contributed by atoms with van der Waals surface area (Å²) in [4.78, 5) is 0. The first kappa shape index (κ1) is 13.5. The molecule has 4 N–H and O–H groups in total. The summed E-state index contributed by atoms with van der Waals surface area (Å²) in [7, 11) is 3.50. The summed E-state index contributed by atoms with van der Waals surface area (Å²) in [5.41, 5.74) is 0. The number of rotatable bonds is 5. The minimum atomic E-state index is -0.0443. The molecule has 0 saturated heterocycles. The van der Waals surface area contributed by atoms with Crippen molar-refractivity contribution in [1.82, 2.24) is 0 Å². The van der Waals surface area contributed by atoms with Crippen molar-refractivity contribution < 1.29 is 20.3 Å². The Balaban J connectivity index is 0. The Kier molecular flexibility index (Phi) is 15.4. The van der Waals surface area contributed by atoms with Crippen LogP contribution in [0.4, 0.5) is 0 Å². The quantitative estimate of drug-likeness (QED) is 0.368. The van der Waals surface area contributed by atoms with Crippen LogP contribution < -0.4 is 0 Å². The van der Waals surface area contributed by atoms with E-state index in [1.54, 1.807) is 0 Å². The minimum absolute atomic E-state index is 0.0104. The average Bonchev–Trinajstić information content (AvgIpc) is 2.10. The van der Waals surface area contributed by atoms with Crippen LogP contribution in [0.2, 0.25) is 0 Å². The van der Waals surface area contributed by atoms with Crippen molar-refractivity contribution >= 4 is 8.05 Å². The van der Waals surface area contributed by atoms with Gasteiger partial charge in [-0.1, -0.05) is 0 Å². The van der Waals surface area contributed by atoms with E-state index < -0.39 is 0 Å². The largest absolute Gasteiger partial charge is 0.461 e. The van der Waals surface area contributed by atoms with Crippen molar-refractivity contribution in [2.24, 2.45) is 5.92 Å². The molecule has 5 heteroatoms. The lowest BCUT2D eigenvalue weighted by atomic mass is 10.1. The minimum Gasteiger partial charge on any atom is -0.461 e. The van der Waals surface area contributed by atoms with E-state index in [0.717, 1.165) is 0 Å². The van der Waals surface area contributed by atoms with Crippen molar-refractivity contribution in [2.45, 2.75) is 12.8 Å². The van der Waals surface area contributed by atoms with Crippen molar-refractivity contribution in [3.63, 3.8) is 0 Å². The van der Waals surface area contributed by atoms with E-state index in [-0.39, 0.29) is 25.7 Å². The number of hydrogen-bond acceptors (Lipinski definition) is 4. The van der Waals surface area contributed by atoms with Gasteiger partial charge in [0.25, 0.3) is 8.05 Å². The predicted octanol–water partition coefficient (Wildman–Crippen LogP) is -1.58. The van der Waals surface area contributed by atoms with Gasteiger partial charge in [0.2, 0.25) is 0 Å². The molecule has 11 heavy (non-hydrogen) atoms. The zero-order valence-electron chi connectivity index (χ0n) is 6.48. The van der Waals surface area contributed by atoms with Crippen molar-refractivity contribution in [1.29, 1.82) is 0 Å². The van der Waals surface area contributed by atoms with Crippen LogP contribution in [0.3, 0.4) is 0 Å². The van der Waals surface area contributed by atoms with Gasteiger partial charge in [0.1, 0.15) is 0 Å². The highest BCUT2D eigenvalue weighted by atomic mass is 16.3. The van der Waals surface area contributed by atoms with Gasteiger partial charge in [-0.15, -0.1) is 0 Å². The Labute approximate surface area is 67.9 Å². The van der Waals surface area contributed by atoms with Crippen molar-refractivity contribution in [3.8, 4) is 0 Å². The van der Waals surface area contributed by atoms with Gasteiger partial charge in [0, 0.05) is 25.7 Å². The zero-order chi connectivity index (χ0) is 9.11. The molecule has 0 bridgehead atoms. The third-order valence-electron chi connectivity index (χ3n) is 1.29. The fourth-order valence-electron chi connectivity index (χ4n) is 0.620. The molecular weight excluding hydrogens is 147 g/mol. The molecule has 0 aromatic carbocycles. The Bertz CT molecular complexity index is 58.5. The lowest BCUT2D eigenvalue weighted by Gasteiger charge is -2.07. The molecule has 0 unspecified atom stereocenters. The smallest absolute Gasteiger partial charge is 0.277 e. The zero-order valence-corrected chi connectivity index (χ0v) is 6.48. The Morgan fingerprint density at radius 3 is 1.73 bits per heavy atom. The molecule has 4 nitrogen and oxygen atoms in total. The molecule has 2 radical (unpaired) electrons. The molecule has 0 atom stereocenters. The highest BCUT2D eigenvalue weighted by molar-refractivity contribution is 5.95. The van der Waals surface area contributed by atoms with Crippen LogP contribution in [0.1, 0.15) is 12.8 Å².